The third-order valence-corrected chi connectivity index (χ3v) is 5.01. The zero-order valence-corrected chi connectivity index (χ0v) is 15.5. The Hall–Kier alpha value is -3.01. The Kier molecular flexibility index (Phi) is 6.45. The van der Waals surface area contributed by atoms with E-state index in [1.165, 1.54) is 13.8 Å². The molecule has 0 radical (unpaired) electrons. The van der Waals surface area contributed by atoms with Crippen LogP contribution < -0.4 is 0 Å². The minimum absolute atomic E-state index is 0.0430. The maximum absolute atomic E-state index is 13.0. The van der Waals surface area contributed by atoms with E-state index in [1.54, 1.807) is 11.0 Å². The predicted octanol–water partition coefficient (Wildman–Crippen LogP) is 1.86. The first-order chi connectivity index (χ1) is 12.8. The minimum Gasteiger partial charge on any atom is -0.457 e. The molecule has 1 atom stereocenters. The molecule has 1 aliphatic heterocycles. The normalized spacial score (nSPS) is 16.7. The highest BCUT2D eigenvalue weighted by molar-refractivity contribution is 6.06. The summed E-state index contributed by atoms with van der Waals surface area (Å²) < 4.78 is 5.29. The maximum Gasteiger partial charge on any atom is 0.317 e. The molecule has 7 nitrogen and oxygen atoms in total. The van der Waals surface area contributed by atoms with Crippen molar-refractivity contribution in [2.24, 2.45) is 5.92 Å². The Morgan fingerprint density at radius 2 is 1.81 bits per heavy atom. The standard InChI is InChI=1S/C20H23N3O4/c1-14(22)17(12-21)18(25)13-27-19(26)20(16-6-4-3-5-7-16)8-10-23(11-9-20)15(2)24/h3-7,17,22H,8-11,13H2,1-2H3. The molecule has 1 heterocycles. The summed E-state index contributed by atoms with van der Waals surface area (Å²) in [6, 6.07) is 10.9. The molecule has 1 aromatic carbocycles. The first-order valence-electron chi connectivity index (χ1n) is 8.77. The lowest BCUT2D eigenvalue weighted by Gasteiger charge is -2.40. The molecule has 2 rings (SSSR count). The number of ketones is 1. The number of nitriles is 1. The Balaban J connectivity index is 2.19. The zero-order valence-electron chi connectivity index (χ0n) is 15.5. The van der Waals surface area contributed by atoms with Crippen molar-refractivity contribution in [2.45, 2.75) is 32.1 Å². The highest BCUT2D eigenvalue weighted by Gasteiger charge is 2.45. The lowest BCUT2D eigenvalue weighted by Crippen LogP contribution is -2.49. The number of carbonyl (C=O) groups is 3. The number of esters is 1. The third kappa shape index (κ3) is 4.40. The molecular formula is C20H23N3O4. The first-order valence-corrected chi connectivity index (χ1v) is 8.77. The number of hydrogen-bond acceptors (Lipinski definition) is 6. The van der Waals surface area contributed by atoms with Gasteiger partial charge in [-0.05, 0) is 25.3 Å². The zero-order chi connectivity index (χ0) is 20.0. The average molecular weight is 369 g/mol. The number of amides is 1. The number of nitrogens with one attached hydrogen (secondary N) is 1. The summed E-state index contributed by atoms with van der Waals surface area (Å²) in [6.07, 6.45) is 0.795. The monoisotopic (exact) mass is 369 g/mol. The van der Waals surface area contributed by atoms with Crippen LogP contribution in [-0.4, -0.2) is 48.0 Å². The van der Waals surface area contributed by atoms with Crippen molar-refractivity contribution in [3.8, 4) is 6.07 Å². The van der Waals surface area contributed by atoms with Crippen molar-refractivity contribution in [1.29, 1.82) is 10.7 Å². The molecular weight excluding hydrogens is 346 g/mol. The third-order valence-electron chi connectivity index (χ3n) is 5.01. The smallest absolute Gasteiger partial charge is 0.317 e. The molecule has 1 unspecified atom stereocenters. The van der Waals surface area contributed by atoms with Gasteiger partial charge in [-0.3, -0.25) is 14.4 Å². The van der Waals surface area contributed by atoms with E-state index in [0.29, 0.717) is 25.9 Å². The number of benzene rings is 1. The van der Waals surface area contributed by atoms with E-state index in [-0.39, 0.29) is 11.6 Å². The van der Waals surface area contributed by atoms with E-state index in [9.17, 15) is 14.4 Å². The minimum atomic E-state index is -1.20. The van der Waals surface area contributed by atoms with Crippen molar-refractivity contribution in [3.63, 3.8) is 0 Å². The van der Waals surface area contributed by atoms with E-state index >= 15 is 0 Å². The molecule has 0 saturated carbocycles. The Morgan fingerprint density at radius 3 is 2.30 bits per heavy atom. The second kappa shape index (κ2) is 8.58. The van der Waals surface area contributed by atoms with Crippen LogP contribution in [0.3, 0.4) is 0 Å². The molecule has 0 bridgehead atoms. The molecule has 1 amide bonds. The molecule has 0 aromatic heterocycles. The van der Waals surface area contributed by atoms with Crippen LogP contribution in [0.1, 0.15) is 32.3 Å². The summed E-state index contributed by atoms with van der Waals surface area (Å²) in [5.74, 6) is -2.39. The highest BCUT2D eigenvalue weighted by Crippen LogP contribution is 2.37. The van der Waals surface area contributed by atoms with Crippen LogP contribution in [0.5, 0.6) is 0 Å². The largest absolute Gasteiger partial charge is 0.457 e. The van der Waals surface area contributed by atoms with E-state index < -0.39 is 29.7 Å². The van der Waals surface area contributed by atoms with Crippen LogP contribution in [0.2, 0.25) is 0 Å². The van der Waals surface area contributed by atoms with Crippen LogP contribution in [0.25, 0.3) is 0 Å². The second-order valence-electron chi connectivity index (χ2n) is 6.74. The van der Waals surface area contributed by atoms with Crippen molar-refractivity contribution >= 4 is 23.4 Å². The van der Waals surface area contributed by atoms with E-state index in [4.69, 9.17) is 15.4 Å². The summed E-state index contributed by atoms with van der Waals surface area (Å²) in [4.78, 5) is 38.4. The number of hydrogen-bond donors (Lipinski definition) is 1. The fourth-order valence-electron chi connectivity index (χ4n) is 3.34. The van der Waals surface area contributed by atoms with Gasteiger partial charge in [-0.2, -0.15) is 5.26 Å². The summed E-state index contributed by atoms with van der Waals surface area (Å²) in [6.45, 7) is 3.17. The molecule has 27 heavy (non-hydrogen) atoms. The summed E-state index contributed by atoms with van der Waals surface area (Å²) in [5.41, 5.74) is -0.230. The number of carbonyl (C=O) groups excluding carboxylic acids is 3. The van der Waals surface area contributed by atoms with Crippen LogP contribution >= 0.6 is 0 Å². The van der Waals surface area contributed by atoms with Crippen molar-refractivity contribution in [3.05, 3.63) is 35.9 Å². The first kappa shape index (κ1) is 20.3. The lowest BCUT2D eigenvalue weighted by atomic mass is 9.72. The van der Waals surface area contributed by atoms with Gasteiger partial charge in [0.25, 0.3) is 0 Å². The molecule has 1 N–H and O–H groups in total. The number of ether oxygens (including phenoxy) is 1. The molecule has 142 valence electrons. The number of rotatable bonds is 6. The number of nitrogens with zero attached hydrogens (tertiary/aromatic N) is 2. The van der Waals surface area contributed by atoms with Gasteiger partial charge in [0.1, 0.15) is 5.92 Å². The summed E-state index contributed by atoms with van der Waals surface area (Å²) in [5, 5.41) is 16.5. The Labute approximate surface area is 158 Å². The van der Waals surface area contributed by atoms with Crippen molar-refractivity contribution in [1.82, 2.24) is 4.90 Å². The molecule has 1 fully saturated rings. The molecule has 0 spiro atoms. The van der Waals surface area contributed by atoms with Crippen LogP contribution in [0.15, 0.2) is 30.3 Å². The maximum atomic E-state index is 13.0. The number of piperidine rings is 1. The number of likely N-dealkylation sites (tertiary alicyclic amines) is 1. The van der Waals surface area contributed by atoms with Crippen molar-refractivity contribution in [2.75, 3.05) is 19.7 Å². The quantitative estimate of drug-likeness (QED) is 0.608. The molecule has 7 heteroatoms. The average Bonchev–Trinajstić information content (AvgIpc) is 2.67. The van der Waals surface area contributed by atoms with Crippen LogP contribution in [0.4, 0.5) is 0 Å². The SMILES string of the molecule is CC(=N)C(C#N)C(=O)COC(=O)C1(c2ccccc2)CCN(C(C)=O)CC1. The van der Waals surface area contributed by atoms with Gasteiger partial charge < -0.3 is 15.0 Å². The van der Waals surface area contributed by atoms with Gasteiger partial charge in [-0.15, -0.1) is 0 Å². The molecule has 1 aliphatic rings. The van der Waals surface area contributed by atoms with Gasteiger partial charge in [0.2, 0.25) is 5.91 Å². The molecule has 0 aliphatic carbocycles. The topological polar surface area (TPSA) is 111 Å². The van der Waals surface area contributed by atoms with Gasteiger partial charge in [0.15, 0.2) is 12.4 Å². The Bertz CT molecular complexity index is 774. The second-order valence-corrected chi connectivity index (χ2v) is 6.74. The fourth-order valence-corrected chi connectivity index (χ4v) is 3.34. The van der Waals surface area contributed by atoms with Crippen LogP contribution in [0, 0.1) is 22.7 Å². The Morgan fingerprint density at radius 1 is 1.22 bits per heavy atom. The van der Waals surface area contributed by atoms with Gasteiger partial charge in [-0.25, -0.2) is 0 Å². The van der Waals surface area contributed by atoms with Crippen LogP contribution in [-0.2, 0) is 24.5 Å². The van der Waals surface area contributed by atoms with E-state index in [0.717, 1.165) is 5.56 Å². The van der Waals surface area contributed by atoms with Gasteiger partial charge in [-0.1, -0.05) is 30.3 Å². The molecule has 1 aromatic rings. The fraction of sp³-hybridized carbons (Fsp3) is 0.450. The number of Topliss-reactive ketones (excluding diaryl/α,β-unsaturated/α-hetero) is 1. The summed E-state index contributed by atoms with van der Waals surface area (Å²) >= 11 is 0. The molecule has 1 saturated heterocycles. The summed E-state index contributed by atoms with van der Waals surface area (Å²) in [7, 11) is 0. The van der Waals surface area contributed by atoms with E-state index in [1.807, 2.05) is 30.3 Å². The highest BCUT2D eigenvalue weighted by atomic mass is 16.5. The van der Waals surface area contributed by atoms with E-state index in [2.05, 4.69) is 0 Å². The van der Waals surface area contributed by atoms with Gasteiger partial charge in [0.05, 0.1) is 11.5 Å². The van der Waals surface area contributed by atoms with Gasteiger partial charge in [0, 0.05) is 25.7 Å². The predicted molar refractivity (Wildman–Crippen MR) is 98.1 cm³/mol. The van der Waals surface area contributed by atoms with Crippen molar-refractivity contribution < 1.29 is 19.1 Å². The van der Waals surface area contributed by atoms with Gasteiger partial charge >= 0.3 is 5.97 Å². The lowest BCUT2D eigenvalue weighted by molar-refractivity contribution is -0.157.